The van der Waals surface area contributed by atoms with E-state index >= 15 is 0 Å². The molecule has 0 atom stereocenters. The zero-order valence-corrected chi connectivity index (χ0v) is 10.3. The predicted molar refractivity (Wildman–Crippen MR) is 70.7 cm³/mol. The number of fused-ring (bicyclic) bond motifs is 1. The molecule has 3 heteroatoms. The van der Waals surface area contributed by atoms with Crippen LogP contribution < -0.4 is 5.73 Å². The molecule has 0 saturated heterocycles. The van der Waals surface area contributed by atoms with E-state index < -0.39 is 0 Å². The molecule has 0 bridgehead atoms. The van der Waals surface area contributed by atoms with Crippen molar-refractivity contribution in [2.45, 2.75) is 37.6 Å². The van der Waals surface area contributed by atoms with Crippen LogP contribution in [0.15, 0.2) is 30.3 Å². The Labute approximate surface area is 106 Å². The van der Waals surface area contributed by atoms with Gasteiger partial charge in [0, 0.05) is 11.5 Å². The molecule has 1 aromatic carbocycles. The van der Waals surface area contributed by atoms with Gasteiger partial charge in [-0.3, -0.25) is 4.98 Å². The summed E-state index contributed by atoms with van der Waals surface area (Å²) < 4.78 is 13.2. The maximum absolute atomic E-state index is 13.2. The summed E-state index contributed by atoms with van der Waals surface area (Å²) in [5.74, 6) is -0.248. The minimum absolute atomic E-state index is 0.248. The molecule has 0 amide bonds. The van der Waals surface area contributed by atoms with Crippen LogP contribution in [0.1, 0.15) is 37.8 Å². The first kappa shape index (κ1) is 11.6. The van der Waals surface area contributed by atoms with E-state index in [0.717, 1.165) is 36.8 Å². The monoisotopic (exact) mass is 244 g/mol. The van der Waals surface area contributed by atoms with Crippen LogP contribution in [-0.4, -0.2) is 4.98 Å². The number of nitrogens with two attached hydrogens (primary N) is 1. The smallest absolute Gasteiger partial charge is 0.125 e. The van der Waals surface area contributed by atoms with Crippen molar-refractivity contribution in [2.75, 3.05) is 0 Å². The van der Waals surface area contributed by atoms with Gasteiger partial charge in [-0.2, -0.15) is 0 Å². The molecule has 94 valence electrons. The number of rotatable bonds is 1. The molecule has 0 radical (unpaired) electrons. The standard InChI is InChI=1S/C15H17FN2/c16-12-6-4-11-5-7-14(18-13(11)10-12)15(17)8-2-1-3-9-15/h4-7,10H,1-3,8-9,17H2. The van der Waals surface area contributed by atoms with Gasteiger partial charge in [-0.05, 0) is 31.0 Å². The SMILES string of the molecule is NC1(c2ccc3ccc(F)cc3n2)CCCCC1. The van der Waals surface area contributed by atoms with E-state index in [1.54, 1.807) is 6.07 Å². The first-order chi connectivity index (χ1) is 8.67. The number of halogens is 1. The molecule has 1 aliphatic carbocycles. The summed E-state index contributed by atoms with van der Waals surface area (Å²) >= 11 is 0. The molecule has 0 aliphatic heterocycles. The Morgan fingerprint density at radius 2 is 1.78 bits per heavy atom. The molecule has 3 rings (SSSR count). The third-order valence-electron chi connectivity index (χ3n) is 3.91. The number of pyridine rings is 1. The number of hydrogen-bond acceptors (Lipinski definition) is 2. The summed E-state index contributed by atoms with van der Waals surface area (Å²) in [6, 6.07) is 8.67. The minimum atomic E-state index is -0.321. The largest absolute Gasteiger partial charge is 0.320 e. The number of benzene rings is 1. The summed E-state index contributed by atoms with van der Waals surface area (Å²) in [5.41, 5.74) is 7.73. The van der Waals surface area contributed by atoms with Gasteiger partial charge >= 0.3 is 0 Å². The normalized spacial score (nSPS) is 19.0. The first-order valence-electron chi connectivity index (χ1n) is 6.53. The van der Waals surface area contributed by atoms with E-state index in [1.807, 2.05) is 12.1 Å². The lowest BCUT2D eigenvalue weighted by Crippen LogP contribution is -2.39. The van der Waals surface area contributed by atoms with Crippen molar-refractivity contribution in [1.82, 2.24) is 4.98 Å². The van der Waals surface area contributed by atoms with E-state index in [0.29, 0.717) is 5.52 Å². The topological polar surface area (TPSA) is 38.9 Å². The third-order valence-corrected chi connectivity index (χ3v) is 3.91. The Bertz CT molecular complexity index is 574. The van der Waals surface area contributed by atoms with Gasteiger partial charge in [-0.25, -0.2) is 4.39 Å². The molecule has 1 aliphatic rings. The predicted octanol–water partition coefficient (Wildman–Crippen LogP) is 3.49. The van der Waals surface area contributed by atoms with E-state index in [-0.39, 0.29) is 11.4 Å². The first-order valence-corrected chi connectivity index (χ1v) is 6.53. The van der Waals surface area contributed by atoms with Gasteiger partial charge in [0.15, 0.2) is 0 Å². The van der Waals surface area contributed by atoms with E-state index in [9.17, 15) is 4.39 Å². The molecule has 1 heterocycles. The van der Waals surface area contributed by atoms with E-state index in [1.165, 1.54) is 18.6 Å². The Morgan fingerprint density at radius 1 is 1.06 bits per heavy atom. The van der Waals surface area contributed by atoms with Crippen LogP contribution in [0.4, 0.5) is 4.39 Å². The number of hydrogen-bond donors (Lipinski definition) is 1. The molecule has 2 nitrogen and oxygen atoms in total. The average molecular weight is 244 g/mol. The van der Waals surface area contributed by atoms with Gasteiger partial charge in [-0.1, -0.05) is 25.3 Å². The van der Waals surface area contributed by atoms with E-state index in [2.05, 4.69) is 4.98 Å². The minimum Gasteiger partial charge on any atom is -0.320 e. The van der Waals surface area contributed by atoms with Crippen molar-refractivity contribution in [3.8, 4) is 0 Å². The fourth-order valence-electron chi connectivity index (χ4n) is 2.81. The van der Waals surface area contributed by atoms with Crippen molar-refractivity contribution in [2.24, 2.45) is 5.73 Å². The molecule has 1 fully saturated rings. The Kier molecular flexibility index (Phi) is 2.78. The second-order valence-corrected chi connectivity index (χ2v) is 5.25. The summed E-state index contributed by atoms with van der Waals surface area (Å²) in [6.07, 6.45) is 5.50. The van der Waals surface area contributed by atoms with Crippen LogP contribution in [0.5, 0.6) is 0 Å². The summed E-state index contributed by atoms with van der Waals surface area (Å²) in [5, 5.41) is 0.958. The fraction of sp³-hybridized carbons (Fsp3) is 0.400. The Hall–Kier alpha value is -1.48. The number of aromatic nitrogens is 1. The quantitative estimate of drug-likeness (QED) is 0.834. The molecule has 2 aromatic rings. The van der Waals surface area contributed by atoms with Crippen LogP contribution >= 0.6 is 0 Å². The lowest BCUT2D eigenvalue weighted by Gasteiger charge is -2.32. The highest BCUT2D eigenvalue weighted by molar-refractivity contribution is 5.78. The highest BCUT2D eigenvalue weighted by Gasteiger charge is 2.30. The van der Waals surface area contributed by atoms with Crippen molar-refractivity contribution < 1.29 is 4.39 Å². The van der Waals surface area contributed by atoms with Gasteiger partial charge in [0.1, 0.15) is 5.82 Å². The highest BCUT2D eigenvalue weighted by Crippen LogP contribution is 2.34. The lowest BCUT2D eigenvalue weighted by molar-refractivity contribution is 0.296. The van der Waals surface area contributed by atoms with Crippen molar-refractivity contribution in [3.63, 3.8) is 0 Å². The average Bonchev–Trinajstić information content (AvgIpc) is 2.38. The van der Waals surface area contributed by atoms with Crippen LogP contribution in [0.25, 0.3) is 10.9 Å². The summed E-state index contributed by atoms with van der Waals surface area (Å²) in [4.78, 5) is 4.57. The van der Waals surface area contributed by atoms with Crippen LogP contribution in [0.2, 0.25) is 0 Å². The van der Waals surface area contributed by atoms with Gasteiger partial charge in [0.05, 0.1) is 16.7 Å². The molecule has 1 saturated carbocycles. The van der Waals surface area contributed by atoms with Crippen molar-refractivity contribution >= 4 is 10.9 Å². The summed E-state index contributed by atoms with van der Waals surface area (Å²) in [6.45, 7) is 0. The van der Waals surface area contributed by atoms with Crippen LogP contribution in [0, 0.1) is 5.82 Å². The van der Waals surface area contributed by atoms with Crippen molar-refractivity contribution in [1.29, 1.82) is 0 Å². The van der Waals surface area contributed by atoms with Crippen LogP contribution in [0.3, 0.4) is 0 Å². The lowest BCUT2D eigenvalue weighted by atomic mass is 9.80. The van der Waals surface area contributed by atoms with Gasteiger partial charge in [0.2, 0.25) is 0 Å². The van der Waals surface area contributed by atoms with Crippen molar-refractivity contribution in [3.05, 3.63) is 41.8 Å². The zero-order valence-electron chi connectivity index (χ0n) is 10.3. The van der Waals surface area contributed by atoms with Crippen LogP contribution in [-0.2, 0) is 5.54 Å². The number of nitrogens with zero attached hydrogens (tertiary/aromatic N) is 1. The molecule has 18 heavy (non-hydrogen) atoms. The zero-order chi connectivity index (χ0) is 12.6. The molecule has 0 unspecified atom stereocenters. The van der Waals surface area contributed by atoms with Gasteiger partial charge < -0.3 is 5.73 Å². The third kappa shape index (κ3) is 1.99. The highest BCUT2D eigenvalue weighted by atomic mass is 19.1. The molecule has 2 N–H and O–H groups in total. The van der Waals surface area contributed by atoms with E-state index in [4.69, 9.17) is 5.73 Å². The maximum atomic E-state index is 13.2. The molecule has 1 aromatic heterocycles. The van der Waals surface area contributed by atoms with Gasteiger partial charge in [-0.15, -0.1) is 0 Å². The second-order valence-electron chi connectivity index (χ2n) is 5.25. The Balaban J connectivity index is 2.06. The second kappa shape index (κ2) is 4.32. The summed E-state index contributed by atoms with van der Waals surface area (Å²) in [7, 11) is 0. The molecular formula is C15H17FN2. The Morgan fingerprint density at radius 3 is 2.56 bits per heavy atom. The molecule has 0 spiro atoms. The molecular weight excluding hydrogens is 227 g/mol. The van der Waals surface area contributed by atoms with Gasteiger partial charge in [0.25, 0.3) is 0 Å². The maximum Gasteiger partial charge on any atom is 0.125 e. The fourth-order valence-corrected chi connectivity index (χ4v) is 2.81.